The van der Waals surface area contributed by atoms with Crippen LogP contribution in [0.1, 0.15) is 42.0 Å². The maximum atomic E-state index is 13.4. The second-order valence-electron chi connectivity index (χ2n) is 8.46. The highest BCUT2D eigenvalue weighted by Gasteiger charge is 2.33. The molecule has 0 aromatic heterocycles. The van der Waals surface area contributed by atoms with E-state index < -0.39 is 0 Å². The number of carbonyl (C=O) groups excluding carboxylic acids is 2. The van der Waals surface area contributed by atoms with E-state index in [2.05, 4.69) is 12.1 Å². The van der Waals surface area contributed by atoms with Gasteiger partial charge in [0.15, 0.2) is 5.78 Å². The number of carbonyl (C=O) groups is 2. The summed E-state index contributed by atoms with van der Waals surface area (Å²) in [5.41, 5.74) is 5.50. The van der Waals surface area contributed by atoms with E-state index in [0.717, 1.165) is 46.6 Å². The molecule has 0 amide bonds. The van der Waals surface area contributed by atoms with Crippen molar-refractivity contribution < 1.29 is 23.8 Å². The summed E-state index contributed by atoms with van der Waals surface area (Å²) in [6.45, 7) is 3.52. The Kier molecular flexibility index (Phi) is 5.56. The van der Waals surface area contributed by atoms with Crippen LogP contribution in [-0.4, -0.2) is 31.6 Å². The van der Waals surface area contributed by atoms with Gasteiger partial charge in [-0.2, -0.15) is 0 Å². The molecule has 0 N–H and O–H groups in total. The van der Waals surface area contributed by atoms with E-state index in [-0.39, 0.29) is 17.7 Å². The topological polar surface area (TPSA) is 61.8 Å². The zero-order chi connectivity index (χ0) is 22.1. The third kappa shape index (κ3) is 4.07. The van der Waals surface area contributed by atoms with Crippen LogP contribution in [0.15, 0.2) is 47.5 Å². The monoisotopic (exact) mass is 430 g/mol. The Morgan fingerprint density at radius 1 is 0.938 bits per heavy atom. The van der Waals surface area contributed by atoms with Gasteiger partial charge in [0, 0.05) is 24.0 Å². The number of fused-ring (bicyclic) bond motifs is 2. The molecular weight excluding hydrogens is 404 g/mol. The quantitative estimate of drug-likeness (QED) is 0.525. The lowest BCUT2D eigenvalue weighted by atomic mass is 9.79. The SMILES string of the molecule is CCOC(=O)C1C/C(=C/c2ccc3c(c2)CCO3)C(=O)/C(=C/c2ccc3c(c2)CCO3)C1. The number of rotatable bonds is 4. The highest BCUT2D eigenvalue weighted by atomic mass is 16.5. The summed E-state index contributed by atoms with van der Waals surface area (Å²) in [5, 5.41) is 0. The zero-order valence-electron chi connectivity index (χ0n) is 18.2. The first-order valence-electron chi connectivity index (χ1n) is 11.2. The van der Waals surface area contributed by atoms with Gasteiger partial charge in [-0.15, -0.1) is 0 Å². The Hall–Kier alpha value is -3.34. The second kappa shape index (κ2) is 8.65. The number of ether oxygens (including phenoxy) is 3. The van der Waals surface area contributed by atoms with Crippen LogP contribution >= 0.6 is 0 Å². The molecule has 0 saturated heterocycles. The minimum absolute atomic E-state index is 0.000884. The molecule has 0 bridgehead atoms. The van der Waals surface area contributed by atoms with Crippen LogP contribution in [0, 0.1) is 5.92 Å². The maximum Gasteiger partial charge on any atom is 0.309 e. The van der Waals surface area contributed by atoms with Gasteiger partial charge in [-0.3, -0.25) is 9.59 Å². The molecule has 2 heterocycles. The number of esters is 1. The summed E-state index contributed by atoms with van der Waals surface area (Å²) < 4.78 is 16.5. The minimum Gasteiger partial charge on any atom is -0.493 e. The zero-order valence-corrected chi connectivity index (χ0v) is 18.2. The number of benzene rings is 2. The van der Waals surface area contributed by atoms with Crippen LogP contribution in [0.4, 0.5) is 0 Å². The smallest absolute Gasteiger partial charge is 0.309 e. The van der Waals surface area contributed by atoms with Crippen LogP contribution in [-0.2, 0) is 27.2 Å². The third-order valence-corrected chi connectivity index (χ3v) is 6.24. The molecule has 2 aliphatic heterocycles. The molecule has 32 heavy (non-hydrogen) atoms. The summed E-state index contributed by atoms with van der Waals surface area (Å²) in [7, 11) is 0. The molecule has 1 unspecified atom stereocenters. The Bertz CT molecular complexity index is 1060. The van der Waals surface area contributed by atoms with Crippen molar-refractivity contribution in [2.45, 2.75) is 32.6 Å². The largest absolute Gasteiger partial charge is 0.493 e. The van der Waals surface area contributed by atoms with Gasteiger partial charge < -0.3 is 14.2 Å². The summed E-state index contributed by atoms with van der Waals surface area (Å²) in [5.74, 6) is 1.21. The van der Waals surface area contributed by atoms with E-state index in [4.69, 9.17) is 14.2 Å². The number of allylic oxidation sites excluding steroid dienone is 2. The van der Waals surface area contributed by atoms with E-state index in [9.17, 15) is 9.59 Å². The van der Waals surface area contributed by atoms with Crippen molar-refractivity contribution in [3.63, 3.8) is 0 Å². The van der Waals surface area contributed by atoms with Crippen LogP contribution in [0.3, 0.4) is 0 Å². The Labute approximate surface area is 187 Å². The van der Waals surface area contributed by atoms with Gasteiger partial charge in [0.25, 0.3) is 0 Å². The molecule has 5 heteroatoms. The molecule has 2 aromatic carbocycles. The van der Waals surface area contributed by atoms with Gasteiger partial charge in [-0.05, 0) is 78.4 Å². The molecular formula is C27H26O5. The number of ketones is 1. The van der Waals surface area contributed by atoms with Gasteiger partial charge in [-0.25, -0.2) is 0 Å². The van der Waals surface area contributed by atoms with Crippen molar-refractivity contribution in [2.75, 3.05) is 19.8 Å². The lowest BCUT2D eigenvalue weighted by Gasteiger charge is -2.24. The molecule has 2 aromatic rings. The van der Waals surface area contributed by atoms with E-state index >= 15 is 0 Å². The fourth-order valence-electron chi connectivity index (χ4n) is 4.67. The molecule has 0 radical (unpaired) electrons. The van der Waals surface area contributed by atoms with Crippen LogP contribution in [0.2, 0.25) is 0 Å². The van der Waals surface area contributed by atoms with Crippen molar-refractivity contribution >= 4 is 23.9 Å². The summed E-state index contributed by atoms with van der Waals surface area (Å²) in [4.78, 5) is 26.0. The fourth-order valence-corrected chi connectivity index (χ4v) is 4.67. The van der Waals surface area contributed by atoms with E-state index in [0.29, 0.717) is 43.8 Å². The third-order valence-electron chi connectivity index (χ3n) is 6.24. The van der Waals surface area contributed by atoms with Gasteiger partial charge in [0.05, 0.1) is 25.7 Å². The maximum absolute atomic E-state index is 13.4. The van der Waals surface area contributed by atoms with Crippen molar-refractivity contribution in [1.82, 2.24) is 0 Å². The summed E-state index contributed by atoms with van der Waals surface area (Å²) in [6.07, 6.45) is 6.35. The van der Waals surface area contributed by atoms with Crippen molar-refractivity contribution in [2.24, 2.45) is 5.92 Å². The Morgan fingerprint density at radius 3 is 1.97 bits per heavy atom. The molecule has 164 valence electrons. The van der Waals surface area contributed by atoms with Crippen molar-refractivity contribution in [3.8, 4) is 11.5 Å². The van der Waals surface area contributed by atoms with E-state index in [1.807, 2.05) is 36.4 Å². The molecule has 3 aliphatic rings. The van der Waals surface area contributed by atoms with Crippen LogP contribution in [0.25, 0.3) is 12.2 Å². The van der Waals surface area contributed by atoms with Gasteiger partial charge in [0.1, 0.15) is 11.5 Å². The number of hydrogen-bond acceptors (Lipinski definition) is 5. The van der Waals surface area contributed by atoms with Gasteiger partial charge in [0.2, 0.25) is 0 Å². The Morgan fingerprint density at radius 2 is 1.47 bits per heavy atom. The molecule has 1 fully saturated rings. The molecule has 5 rings (SSSR count). The highest BCUT2D eigenvalue weighted by Crippen LogP contribution is 2.35. The van der Waals surface area contributed by atoms with E-state index in [1.165, 1.54) is 0 Å². The first-order chi connectivity index (χ1) is 15.6. The molecule has 1 saturated carbocycles. The lowest BCUT2D eigenvalue weighted by molar-refractivity contribution is -0.148. The van der Waals surface area contributed by atoms with Crippen LogP contribution < -0.4 is 9.47 Å². The number of Topliss-reactive ketones (excluding diaryl/α,β-unsaturated/α-hetero) is 1. The average molecular weight is 431 g/mol. The molecule has 5 nitrogen and oxygen atoms in total. The second-order valence-corrected chi connectivity index (χ2v) is 8.46. The van der Waals surface area contributed by atoms with Crippen LogP contribution in [0.5, 0.6) is 11.5 Å². The Balaban J connectivity index is 1.49. The lowest BCUT2D eigenvalue weighted by Crippen LogP contribution is -2.27. The predicted molar refractivity (Wildman–Crippen MR) is 122 cm³/mol. The standard InChI is InChI=1S/C27H26O5/c1-2-30-27(29)23-15-21(13-17-3-5-24-19(11-17)7-9-31-24)26(28)22(16-23)14-18-4-6-25-20(12-18)8-10-32-25/h3-6,11-14,23H,2,7-10,15-16H2,1H3/b21-13-,22-14+. The van der Waals surface area contributed by atoms with Gasteiger partial charge in [-0.1, -0.05) is 12.1 Å². The van der Waals surface area contributed by atoms with E-state index in [1.54, 1.807) is 6.92 Å². The minimum atomic E-state index is -0.360. The molecule has 1 atom stereocenters. The average Bonchev–Trinajstić information content (AvgIpc) is 3.45. The van der Waals surface area contributed by atoms with Crippen molar-refractivity contribution in [3.05, 3.63) is 69.8 Å². The first kappa shape index (κ1) is 20.6. The predicted octanol–water partition coefficient (Wildman–Crippen LogP) is 4.57. The highest BCUT2D eigenvalue weighted by molar-refractivity contribution is 6.14. The van der Waals surface area contributed by atoms with Gasteiger partial charge >= 0.3 is 5.97 Å². The summed E-state index contributed by atoms with van der Waals surface area (Å²) in [6, 6.07) is 12.0. The first-order valence-corrected chi connectivity index (χ1v) is 11.2. The van der Waals surface area contributed by atoms with Crippen molar-refractivity contribution in [1.29, 1.82) is 0 Å². The fraction of sp³-hybridized carbons (Fsp3) is 0.333. The molecule has 1 aliphatic carbocycles. The molecule has 0 spiro atoms. The normalized spacial score (nSPS) is 21.8. The summed E-state index contributed by atoms with van der Waals surface area (Å²) >= 11 is 0. The number of hydrogen-bond donors (Lipinski definition) is 0.